The molecule has 104 valence electrons. The topological polar surface area (TPSA) is 0 Å². The Morgan fingerprint density at radius 1 is 0.905 bits per heavy atom. The van der Waals surface area contributed by atoms with E-state index in [0.717, 1.165) is 24.0 Å². The Morgan fingerprint density at radius 3 is 2.52 bits per heavy atom. The van der Waals surface area contributed by atoms with Crippen LogP contribution in [0.4, 0.5) is 0 Å². The minimum atomic E-state index is 0.966. The summed E-state index contributed by atoms with van der Waals surface area (Å²) in [6, 6.07) is 8.39. The fourth-order valence-electron chi connectivity index (χ4n) is 2.47. The molecule has 0 N–H and O–H groups in total. The Bertz CT molecular complexity index is 800. The van der Waals surface area contributed by atoms with Crippen LogP contribution in [0, 0.1) is 0 Å². The largest absolute Gasteiger partial charge is 0.105 e. The molecule has 0 radical (unpaired) electrons. The molecule has 1 aromatic carbocycles. The Morgan fingerprint density at radius 2 is 1.67 bits per heavy atom. The molecule has 0 nitrogen and oxygen atoms in total. The van der Waals surface area contributed by atoms with Gasteiger partial charge in [-0.05, 0) is 68.5 Å². The van der Waals surface area contributed by atoms with E-state index in [9.17, 15) is 0 Å². The number of benzene rings is 1. The zero-order valence-corrected chi connectivity index (χ0v) is 12.8. The van der Waals surface area contributed by atoms with E-state index in [1.54, 1.807) is 11.8 Å². The van der Waals surface area contributed by atoms with Gasteiger partial charge in [0.1, 0.15) is 0 Å². The average Bonchev–Trinajstić information content (AvgIpc) is 2.52. The molecule has 1 heteroatoms. The van der Waals surface area contributed by atoms with E-state index in [4.69, 9.17) is 0 Å². The van der Waals surface area contributed by atoms with Gasteiger partial charge in [-0.1, -0.05) is 49.6 Å². The van der Waals surface area contributed by atoms with Crippen molar-refractivity contribution in [1.29, 1.82) is 0 Å². The molecule has 3 rings (SSSR count). The third-order valence-corrected chi connectivity index (χ3v) is 4.53. The molecule has 2 aliphatic rings. The van der Waals surface area contributed by atoms with Gasteiger partial charge in [-0.3, -0.25) is 0 Å². The minimum absolute atomic E-state index is 0.966. The molecule has 0 spiro atoms. The smallest absolute Gasteiger partial charge is 0.0117 e. The molecular formula is C20H18S. The van der Waals surface area contributed by atoms with Gasteiger partial charge in [-0.2, -0.15) is 0 Å². The van der Waals surface area contributed by atoms with E-state index in [0.29, 0.717) is 0 Å². The number of thioether (sulfide) groups is 1. The number of hydrogen-bond donors (Lipinski definition) is 0. The zero-order chi connectivity index (χ0) is 14.7. The summed E-state index contributed by atoms with van der Waals surface area (Å²) in [4.78, 5) is 0. The number of rotatable bonds is 0. The SMILES string of the molecule is C=C1/C=C2/C=CCC/C2=C/S/C=c2/cccc/c2=C/C1=C. The summed E-state index contributed by atoms with van der Waals surface area (Å²) >= 11 is 1.75. The molecular weight excluding hydrogens is 272 g/mol. The fourth-order valence-corrected chi connectivity index (χ4v) is 3.32. The van der Waals surface area contributed by atoms with Crippen molar-refractivity contribution in [1.82, 2.24) is 0 Å². The lowest BCUT2D eigenvalue weighted by molar-refractivity contribution is 0.971. The van der Waals surface area contributed by atoms with E-state index < -0.39 is 0 Å². The zero-order valence-electron chi connectivity index (χ0n) is 12.0. The first-order valence-corrected chi connectivity index (χ1v) is 8.06. The molecule has 0 unspecified atom stereocenters. The van der Waals surface area contributed by atoms with Crippen molar-refractivity contribution in [3.63, 3.8) is 0 Å². The highest BCUT2D eigenvalue weighted by atomic mass is 32.2. The second-order valence-corrected chi connectivity index (χ2v) is 6.01. The molecule has 1 aromatic rings. The first kappa shape index (κ1) is 14.0. The van der Waals surface area contributed by atoms with E-state index in [1.165, 1.54) is 21.6 Å². The Balaban J connectivity index is 2.18. The highest BCUT2D eigenvalue weighted by molar-refractivity contribution is 8.09. The minimum Gasteiger partial charge on any atom is -0.105 e. The first-order valence-electron chi connectivity index (χ1n) is 7.12. The fraction of sp³-hybridized carbons (Fsp3) is 0.100. The average molecular weight is 290 g/mol. The van der Waals surface area contributed by atoms with Crippen molar-refractivity contribution >= 4 is 23.2 Å². The Hall–Kier alpha value is -1.99. The van der Waals surface area contributed by atoms with Gasteiger partial charge in [0.25, 0.3) is 0 Å². The summed E-state index contributed by atoms with van der Waals surface area (Å²) in [5, 5.41) is 6.88. The van der Waals surface area contributed by atoms with Gasteiger partial charge in [0.05, 0.1) is 0 Å². The summed E-state index contributed by atoms with van der Waals surface area (Å²) in [6.07, 6.45) is 10.9. The van der Waals surface area contributed by atoms with Crippen LogP contribution < -0.4 is 10.4 Å². The summed E-state index contributed by atoms with van der Waals surface area (Å²) in [6.45, 7) is 8.35. The normalized spacial score (nSPS) is 26.5. The molecule has 0 fully saturated rings. The van der Waals surface area contributed by atoms with Crippen molar-refractivity contribution in [2.24, 2.45) is 0 Å². The number of hydrogen-bond acceptors (Lipinski definition) is 1. The molecule has 0 aromatic heterocycles. The van der Waals surface area contributed by atoms with Gasteiger partial charge in [0, 0.05) is 0 Å². The third kappa shape index (κ3) is 3.20. The van der Waals surface area contributed by atoms with Crippen molar-refractivity contribution < 1.29 is 0 Å². The maximum atomic E-state index is 4.18. The van der Waals surface area contributed by atoms with Crippen LogP contribution in [0.3, 0.4) is 0 Å². The van der Waals surface area contributed by atoms with Gasteiger partial charge < -0.3 is 0 Å². The summed E-state index contributed by atoms with van der Waals surface area (Å²) < 4.78 is 0. The first-order chi connectivity index (χ1) is 10.2. The van der Waals surface area contributed by atoms with Gasteiger partial charge in [0.15, 0.2) is 0 Å². The van der Waals surface area contributed by atoms with Crippen LogP contribution in [0.25, 0.3) is 11.5 Å². The Kier molecular flexibility index (Phi) is 4.12. The summed E-state index contributed by atoms with van der Waals surface area (Å²) in [5.41, 5.74) is 4.58. The van der Waals surface area contributed by atoms with E-state index >= 15 is 0 Å². The van der Waals surface area contributed by atoms with E-state index in [2.05, 4.69) is 72.5 Å². The Labute approximate surface area is 130 Å². The maximum Gasteiger partial charge on any atom is -0.0117 e. The van der Waals surface area contributed by atoms with Crippen LogP contribution in [-0.2, 0) is 0 Å². The molecule has 1 heterocycles. The quantitative estimate of drug-likeness (QED) is 0.689. The molecule has 0 atom stereocenters. The highest BCUT2D eigenvalue weighted by Gasteiger charge is 2.08. The molecule has 0 saturated carbocycles. The van der Waals surface area contributed by atoms with E-state index in [-0.39, 0.29) is 0 Å². The van der Waals surface area contributed by atoms with Crippen molar-refractivity contribution in [3.8, 4) is 0 Å². The predicted molar refractivity (Wildman–Crippen MR) is 95.0 cm³/mol. The van der Waals surface area contributed by atoms with Crippen molar-refractivity contribution in [2.45, 2.75) is 12.8 Å². The molecule has 1 aliphatic carbocycles. The van der Waals surface area contributed by atoms with Crippen LogP contribution in [0.2, 0.25) is 0 Å². The predicted octanol–water partition coefficient (Wildman–Crippen LogP) is 4.22. The van der Waals surface area contributed by atoms with Crippen LogP contribution in [0.5, 0.6) is 0 Å². The lowest BCUT2D eigenvalue weighted by Gasteiger charge is -2.13. The van der Waals surface area contributed by atoms with Crippen LogP contribution in [-0.4, -0.2) is 0 Å². The maximum absolute atomic E-state index is 4.18. The number of fused-ring (bicyclic) bond motifs is 2. The molecule has 21 heavy (non-hydrogen) atoms. The number of allylic oxidation sites excluding steroid dienone is 7. The monoisotopic (exact) mass is 290 g/mol. The van der Waals surface area contributed by atoms with Crippen LogP contribution in [0.1, 0.15) is 12.8 Å². The van der Waals surface area contributed by atoms with Crippen molar-refractivity contribution in [2.75, 3.05) is 0 Å². The lowest BCUT2D eigenvalue weighted by atomic mass is 9.94. The molecule has 0 bridgehead atoms. The second-order valence-electron chi connectivity index (χ2n) is 5.26. The standard InChI is InChI=1S/C20H18S/c1-15-11-17-7-3-5-9-19(17)13-21-14-20-10-6-4-8-18(20)12-16(15)2/h3-5,7-9,11-14H,1-2,6,10H2/b17-11-,18-12-,19-13-,20-14-. The van der Waals surface area contributed by atoms with Gasteiger partial charge in [0.2, 0.25) is 0 Å². The van der Waals surface area contributed by atoms with Crippen LogP contribution >= 0.6 is 11.8 Å². The second kappa shape index (κ2) is 6.19. The van der Waals surface area contributed by atoms with Gasteiger partial charge in [-0.15, -0.1) is 11.8 Å². The third-order valence-electron chi connectivity index (χ3n) is 3.72. The van der Waals surface area contributed by atoms with E-state index in [1.807, 2.05) is 0 Å². The molecule has 0 saturated heterocycles. The summed E-state index contributed by atoms with van der Waals surface area (Å²) in [5.74, 6) is 0. The van der Waals surface area contributed by atoms with Crippen LogP contribution in [0.15, 0.2) is 83.4 Å². The summed E-state index contributed by atoms with van der Waals surface area (Å²) in [7, 11) is 0. The highest BCUT2D eigenvalue weighted by Crippen LogP contribution is 2.28. The lowest BCUT2D eigenvalue weighted by Crippen LogP contribution is -2.23. The van der Waals surface area contributed by atoms with Gasteiger partial charge in [-0.25, -0.2) is 0 Å². The molecule has 1 aliphatic heterocycles. The van der Waals surface area contributed by atoms with Gasteiger partial charge >= 0.3 is 0 Å². The molecule has 0 amide bonds. The van der Waals surface area contributed by atoms with Crippen molar-refractivity contribution in [3.05, 3.63) is 93.8 Å².